The Morgan fingerprint density at radius 2 is 2.00 bits per heavy atom. The number of Topliss-reactive ketones (excluding diaryl/α,β-unsaturated/α-hetero) is 2. The van der Waals surface area contributed by atoms with Crippen molar-refractivity contribution >= 4 is 17.5 Å². The van der Waals surface area contributed by atoms with Crippen molar-refractivity contribution < 1.29 is 19.1 Å². The van der Waals surface area contributed by atoms with Gasteiger partial charge in [0.05, 0.1) is 13.0 Å². The molecular weight excluding hydrogens is 304 g/mol. The van der Waals surface area contributed by atoms with Crippen LogP contribution in [0.15, 0.2) is 12.2 Å². The largest absolute Gasteiger partial charge is 0.469 e. The lowest BCUT2D eigenvalue weighted by molar-refractivity contribution is -0.172. The van der Waals surface area contributed by atoms with Crippen molar-refractivity contribution in [2.75, 3.05) is 7.11 Å². The minimum atomic E-state index is -0.337. The Balaban J connectivity index is 1.77. The highest BCUT2D eigenvalue weighted by Gasteiger charge is 2.66. The first-order valence-corrected chi connectivity index (χ1v) is 9.16. The standard InChI is InChI=1S/C20H26O4/c1-11-12-4-5-16-19(2)10-13(21)8-14(18(23)24-3)15(19)6-7-20(16,9-12)17(11)22/h12,14-16H,1,4-10H2,2-3H3/t12-,14-,15-,16+,19-,20-/m1/s1. The number of fused-ring (bicyclic) bond motifs is 3. The van der Waals surface area contributed by atoms with Gasteiger partial charge in [0.1, 0.15) is 5.78 Å². The van der Waals surface area contributed by atoms with Crippen LogP contribution in [0.2, 0.25) is 0 Å². The van der Waals surface area contributed by atoms with E-state index < -0.39 is 0 Å². The van der Waals surface area contributed by atoms with Gasteiger partial charge in [-0.1, -0.05) is 13.5 Å². The van der Waals surface area contributed by atoms with Crippen LogP contribution in [0.25, 0.3) is 0 Å². The molecule has 4 saturated carbocycles. The molecule has 24 heavy (non-hydrogen) atoms. The second kappa shape index (κ2) is 5.03. The van der Waals surface area contributed by atoms with Crippen LogP contribution in [0.1, 0.15) is 51.9 Å². The zero-order chi connectivity index (χ0) is 17.3. The maximum Gasteiger partial charge on any atom is 0.309 e. The molecule has 0 N–H and O–H groups in total. The van der Waals surface area contributed by atoms with Gasteiger partial charge in [-0.05, 0) is 60.8 Å². The number of rotatable bonds is 1. The lowest BCUT2D eigenvalue weighted by Gasteiger charge is -2.59. The number of allylic oxidation sites excluding steroid dienone is 1. The fourth-order valence-electron chi connectivity index (χ4n) is 6.93. The number of carbonyl (C=O) groups excluding carboxylic acids is 3. The summed E-state index contributed by atoms with van der Waals surface area (Å²) in [7, 11) is 1.40. The van der Waals surface area contributed by atoms with Crippen LogP contribution < -0.4 is 0 Å². The first-order valence-electron chi connectivity index (χ1n) is 9.16. The van der Waals surface area contributed by atoms with E-state index in [-0.39, 0.29) is 46.1 Å². The number of ether oxygens (including phenoxy) is 1. The molecule has 0 radical (unpaired) electrons. The summed E-state index contributed by atoms with van der Waals surface area (Å²) >= 11 is 0. The van der Waals surface area contributed by atoms with E-state index in [9.17, 15) is 14.4 Å². The maximum absolute atomic E-state index is 13.0. The second-order valence-electron chi connectivity index (χ2n) is 8.74. The van der Waals surface area contributed by atoms with E-state index in [0.717, 1.165) is 37.7 Å². The topological polar surface area (TPSA) is 60.4 Å². The van der Waals surface area contributed by atoms with Crippen molar-refractivity contribution in [2.45, 2.75) is 51.9 Å². The van der Waals surface area contributed by atoms with Gasteiger partial charge in [0.15, 0.2) is 5.78 Å². The van der Waals surface area contributed by atoms with Gasteiger partial charge in [0, 0.05) is 18.3 Å². The molecule has 4 aliphatic carbocycles. The molecule has 0 aliphatic heterocycles. The first-order chi connectivity index (χ1) is 11.3. The predicted octanol–water partition coefficient (Wildman–Crippen LogP) is 3.10. The summed E-state index contributed by atoms with van der Waals surface area (Å²) in [6, 6.07) is 0. The maximum atomic E-state index is 13.0. The third-order valence-corrected chi connectivity index (χ3v) is 7.88. The molecule has 0 aromatic heterocycles. The van der Waals surface area contributed by atoms with Gasteiger partial charge in [-0.2, -0.15) is 0 Å². The van der Waals surface area contributed by atoms with Gasteiger partial charge in [-0.15, -0.1) is 0 Å². The minimum Gasteiger partial charge on any atom is -0.469 e. The number of hydrogen-bond acceptors (Lipinski definition) is 4. The molecule has 4 heteroatoms. The van der Waals surface area contributed by atoms with Gasteiger partial charge in [0.25, 0.3) is 0 Å². The number of carbonyl (C=O) groups is 3. The van der Waals surface area contributed by atoms with Gasteiger partial charge in [-0.3, -0.25) is 14.4 Å². The first kappa shape index (κ1) is 16.0. The van der Waals surface area contributed by atoms with Crippen molar-refractivity contribution in [2.24, 2.45) is 34.5 Å². The van der Waals surface area contributed by atoms with Crippen LogP contribution in [0.3, 0.4) is 0 Å². The molecule has 0 aromatic carbocycles. The summed E-state index contributed by atoms with van der Waals surface area (Å²) in [5.74, 6) is 0.487. The molecule has 0 unspecified atom stereocenters. The van der Waals surface area contributed by atoms with Crippen molar-refractivity contribution in [1.82, 2.24) is 0 Å². The quantitative estimate of drug-likeness (QED) is 0.547. The molecule has 0 aromatic rings. The van der Waals surface area contributed by atoms with Crippen LogP contribution in [0.5, 0.6) is 0 Å². The van der Waals surface area contributed by atoms with Crippen LogP contribution in [-0.4, -0.2) is 24.6 Å². The van der Waals surface area contributed by atoms with E-state index in [1.165, 1.54) is 7.11 Å². The molecule has 0 amide bonds. The van der Waals surface area contributed by atoms with E-state index in [0.29, 0.717) is 18.8 Å². The highest BCUT2D eigenvalue weighted by Crippen LogP contribution is 2.69. The lowest BCUT2D eigenvalue weighted by atomic mass is 9.43. The third-order valence-electron chi connectivity index (χ3n) is 7.88. The molecule has 4 aliphatic rings. The average Bonchev–Trinajstić information content (AvgIpc) is 2.73. The minimum absolute atomic E-state index is 0.146. The molecule has 1 spiro atoms. The van der Waals surface area contributed by atoms with Crippen LogP contribution in [-0.2, 0) is 19.1 Å². The summed E-state index contributed by atoms with van der Waals surface area (Å²) in [6.45, 7) is 6.23. The van der Waals surface area contributed by atoms with E-state index in [1.807, 2.05) is 0 Å². The molecule has 0 saturated heterocycles. The van der Waals surface area contributed by atoms with E-state index >= 15 is 0 Å². The predicted molar refractivity (Wildman–Crippen MR) is 88.0 cm³/mol. The van der Waals surface area contributed by atoms with E-state index in [2.05, 4.69) is 13.5 Å². The summed E-state index contributed by atoms with van der Waals surface area (Å²) in [6.07, 6.45) is 5.37. The zero-order valence-electron chi connectivity index (χ0n) is 14.6. The van der Waals surface area contributed by atoms with Crippen molar-refractivity contribution in [3.8, 4) is 0 Å². The Morgan fingerprint density at radius 3 is 2.71 bits per heavy atom. The molecular formula is C20H26O4. The highest BCUT2D eigenvalue weighted by atomic mass is 16.5. The molecule has 4 fully saturated rings. The van der Waals surface area contributed by atoms with Gasteiger partial charge in [-0.25, -0.2) is 0 Å². The lowest BCUT2D eigenvalue weighted by Crippen LogP contribution is -2.58. The SMILES string of the molecule is C=C1C(=O)[C@@]23CC[C@@H]4[C@H](C(=O)OC)CC(=O)C[C@@]4(C)[C@@H]2CC[C@@H]1C3. The van der Waals surface area contributed by atoms with Gasteiger partial charge in [0.2, 0.25) is 0 Å². The number of ketones is 2. The Hall–Kier alpha value is -1.45. The summed E-state index contributed by atoms with van der Waals surface area (Å²) in [4.78, 5) is 37.8. The number of esters is 1. The Labute approximate surface area is 143 Å². The smallest absolute Gasteiger partial charge is 0.309 e. The monoisotopic (exact) mass is 330 g/mol. The molecule has 0 heterocycles. The fraction of sp³-hybridized carbons (Fsp3) is 0.750. The highest BCUT2D eigenvalue weighted by molar-refractivity contribution is 6.03. The van der Waals surface area contributed by atoms with Gasteiger partial charge >= 0.3 is 5.97 Å². The van der Waals surface area contributed by atoms with Crippen LogP contribution >= 0.6 is 0 Å². The van der Waals surface area contributed by atoms with Crippen molar-refractivity contribution in [1.29, 1.82) is 0 Å². The van der Waals surface area contributed by atoms with Crippen LogP contribution in [0.4, 0.5) is 0 Å². The van der Waals surface area contributed by atoms with E-state index in [1.54, 1.807) is 0 Å². The number of hydrogen-bond donors (Lipinski definition) is 0. The second-order valence-corrected chi connectivity index (χ2v) is 8.74. The fourth-order valence-corrected chi connectivity index (χ4v) is 6.93. The summed E-state index contributed by atoms with van der Waals surface area (Å²) in [5.41, 5.74) is 0.229. The summed E-state index contributed by atoms with van der Waals surface area (Å²) < 4.78 is 4.99. The Bertz CT molecular complexity index is 650. The molecule has 4 rings (SSSR count). The zero-order valence-corrected chi connectivity index (χ0v) is 14.6. The normalized spacial score (nSPS) is 47.2. The molecule has 4 nitrogen and oxygen atoms in total. The Kier molecular flexibility index (Phi) is 3.36. The molecule has 6 atom stereocenters. The van der Waals surface area contributed by atoms with Crippen molar-refractivity contribution in [3.05, 3.63) is 12.2 Å². The number of methoxy groups -OCH3 is 1. The molecule has 2 bridgehead atoms. The van der Waals surface area contributed by atoms with Gasteiger partial charge < -0.3 is 4.74 Å². The summed E-state index contributed by atoms with van der Waals surface area (Å²) in [5, 5.41) is 0. The van der Waals surface area contributed by atoms with Crippen molar-refractivity contribution in [3.63, 3.8) is 0 Å². The molecule has 130 valence electrons. The van der Waals surface area contributed by atoms with E-state index in [4.69, 9.17) is 4.74 Å². The average molecular weight is 330 g/mol. The van der Waals surface area contributed by atoms with Crippen LogP contribution in [0, 0.1) is 34.5 Å². The Morgan fingerprint density at radius 1 is 1.25 bits per heavy atom. The third kappa shape index (κ3) is 1.83.